The lowest BCUT2D eigenvalue weighted by atomic mass is 10.1. The molecular weight excluding hydrogens is 252 g/mol. The van der Waals surface area contributed by atoms with Gasteiger partial charge in [0.05, 0.1) is 17.8 Å². The van der Waals surface area contributed by atoms with E-state index in [1.54, 1.807) is 18.2 Å². The number of benzene rings is 1. The van der Waals surface area contributed by atoms with Crippen LogP contribution >= 0.6 is 11.6 Å². The fourth-order valence-electron chi connectivity index (χ4n) is 2.68. The summed E-state index contributed by atoms with van der Waals surface area (Å²) in [6.07, 6.45) is 2.48. The molecule has 3 rings (SSSR count). The molecule has 0 saturated carbocycles. The summed E-state index contributed by atoms with van der Waals surface area (Å²) in [5.41, 5.74) is 6.82. The standard InChI is InChI=1S/C13H15ClN2O2/c14-8-1-4-11(12(15)5-8)13(17)16-6-9-2-3-10(7-16)18-9/h1,4-5,9-10H,2-3,6-7,15H2. The Morgan fingerprint density at radius 1 is 1.33 bits per heavy atom. The Bertz CT molecular complexity index is 480. The Morgan fingerprint density at radius 3 is 2.61 bits per heavy atom. The molecule has 1 aromatic carbocycles. The number of hydrogen-bond acceptors (Lipinski definition) is 3. The van der Waals surface area contributed by atoms with Gasteiger partial charge in [-0.2, -0.15) is 0 Å². The monoisotopic (exact) mass is 266 g/mol. The van der Waals surface area contributed by atoms with Crippen LogP contribution in [0.2, 0.25) is 5.02 Å². The van der Waals surface area contributed by atoms with Crippen molar-refractivity contribution in [2.75, 3.05) is 18.8 Å². The maximum absolute atomic E-state index is 12.4. The lowest BCUT2D eigenvalue weighted by Gasteiger charge is -2.32. The fraction of sp³-hybridized carbons (Fsp3) is 0.462. The molecule has 2 heterocycles. The minimum absolute atomic E-state index is 0.0237. The summed E-state index contributed by atoms with van der Waals surface area (Å²) in [5.74, 6) is -0.0237. The van der Waals surface area contributed by atoms with E-state index in [0.29, 0.717) is 29.4 Å². The zero-order chi connectivity index (χ0) is 12.7. The van der Waals surface area contributed by atoms with E-state index in [0.717, 1.165) is 12.8 Å². The Hall–Kier alpha value is -1.26. The van der Waals surface area contributed by atoms with Crippen LogP contribution in [-0.4, -0.2) is 36.1 Å². The molecule has 2 bridgehead atoms. The van der Waals surface area contributed by atoms with Crippen molar-refractivity contribution in [3.63, 3.8) is 0 Å². The highest BCUT2D eigenvalue weighted by Crippen LogP contribution is 2.28. The Labute approximate surface area is 111 Å². The molecule has 5 heteroatoms. The van der Waals surface area contributed by atoms with Gasteiger partial charge in [-0.25, -0.2) is 0 Å². The molecule has 0 radical (unpaired) electrons. The molecule has 0 spiro atoms. The largest absolute Gasteiger partial charge is 0.398 e. The molecule has 4 nitrogen and oxygen atoms in total. The topological polar surface area (TPSA) is 55.6 Å². The van der Waals surface area contributed by atoms with Gasteiger partial charge in [-0.3, -0.25) is 4.79 Å². The first-order valence-electron chi connectivity index (χ1n) is 6.13. The zero-order valence-corrected chi connectivity index (χ0v) is 10.7. The van der Waals surface area contributed by atoms with Crippen molar-refractivity contribution in [3.05, 3.63) is 28.8 Å². The second-order valence-corrected chi connectivity index (χ2v) is 5.34. The Balaban J connectivity index is 1.82. The average Bonchev–Trinajstić information content (AvgIpc) is 2.67. The molecule has 1 amide bonds. The second kappa shape index (κ2) is 4.44. The van der Waals surface area contributed by atoms with E-state index in [2.05, 4.69) is 0 Å². The molecule has 0 aromatic heterocycles. The summed E-state index contributed by atoms with van der Waals surface area (Å²) >= 11 is 5.84. The third kappa shape index (κ3) is 2.06. The lowest BCUT2D eigenvalue weighted by Crippen LogP contribution is -2.45. The quantitative estimate of drug-likeness (QED) is 0.790. The molecule has 0 aliphatic carbocycles. The summed E-state index contributed by atoms with van der Waals surface area (Å²) in [4.78, 5) is 14.2. The van der Waals surface area contributed by atoms with E-state index in [9.17, 15) is 4.79 Å². The summed E-state index contributed by atoms with van der Waals surface area (Å²) in [7, 11) is 0. The van der Waals surface area contributed by atoms with Crippen LogP contribution in [0, 0.1) is 0 Å². The van der Waals surface area contributed by atoms with Crippen LogP contribution in [0.3, 0.4) is 0 Å². The normalized spacial score (nSPS) is 26.4. The second-order valence-electron chi connectivity index (χ2n) is 4.90. The first kappa shape index (κ1) is 11.8. The number of ether oxygens (including phenoxy) is 1. The predicted octanol–water partition coefficient (Wildman–Crippen LogP) is 1.93. The number of nitrogens with zero attached hydrogens (tertiary/aromatic N) is 1. The summed E-state index contributed by atoms with van der Waals surface area (Å²) < 4.78 is 5.72. The van der Waals surface area contributed by atoms with Gasteiger partial charge in [-0.15, -0.1) is 0 Å². The third-order valence-electron chi connectivity index (χ3n) is 3.57. The predicted molar refractivity (Wildman–Crippen MR) is 69.7 cm³/mol. The maximum atomic E-state index is 12.4. The van der Waals surface area contributed by atoms with Gasteiger partial charge >= 0.3 is 0 Å². The third-order valence-corrected chi connectivity index (χ3v) is 3.81. The van der Waals surface area contributed by atoms with Crippen LogP contribution in [-0.2, 0) is 4.74 Å². The van der Waals surface area contributed by atoms with Crippen LogP contribution in [0.15, 0.2) is 18.2 Å². The minimum atomic E-state index is -0.0237. The lowest BCUT2D eigenvalue weighted by molar-refractivity contribution is -0.0303. The van der Waals surface area contributed by atoms with E-state index in [1.807, 2.05) is 4.90 Å². The van der Waals surface area contributed by atoms with E-state index in [1.165, 1.54) is 0 Å². The van der Waals surface area contributed by atoms with Crippen LogP contribution in [0.1, 0.15) is 23.2 Å². The number of nitrogen functional groups attached to an aromatic ring is 1. The van der Waals surface area contributed by atoms with Crippen molar-refractivity contribution in [1.82, 2.24) is 4.90 Å². The van der Waals surface area contributed by atoms with Crippen molar-refractivity contribution < 1.29 is 9.53 Å². The first-order chi connectivity index (χ1) is 8.63. The highest BCUT2D eigenvalue weighted by atomic mass is 35.5. The Kier molecular flexibility index (Phi) is 2.92. The number of likely N-dealkylation sites (tertiary alicyclic amines) is 1. The highest BCUT2D eigenvalue weighted by molar-refractivity contribution is 6.31. The van der Waals surface area contributed by atoms with Crippen molar-refractivity contribution in [1.29, 1.82) is 0 Å². The van der Waals surface area contributed by atoms with E-state index in [-0.39, 0.29) is 18.1 Å². The number of anilines is 1. The number of nitrogens with two attached hydrogens (primary N) is 1. The molecule has 2 aliphatic rings. The molecule has 2 N–H and O–H groups in total. The smallest absolute Gasteiger partial charge is 0.256 e. The first-order valence-corrected chi connectivity index (χ1v) is 6.51. The molecule has 96 valence electrons. The van der Waals surface area contributed by atoms with Crippen molar-refractivity contribution in [3.8, 4) is 0 Å². The zero-order valence-electron chi connectivity index (χ0n) is 9.93. The van der Waals surface area contributed by atoms with E-state index >= 15 is 0 Å². The van der Waals surface area contributed by atoms with Gasteiger partial charge in [-0.05, 0) is 31.0 Å². The van der Waals surface area contributed by atoms with Gasteiger partial charge in [0.1, 0.15) is 0 Å². The molecule has 1 aromatic rings. The molecule has 2 saturated heterocycles. The highest BCUT2D eigenvalue weighted by Gasteiger charge is 2.36. The average molecular weight is 267 g/mol. The van der Waals surface area contributed by atoms with E-state index < -0.39 is 0 Å². The molecule has 2 atom stereocenters. The Morgan fingerprint density at radius 2 is 2.00 bits per heavy atom. The number of hydrogen-bond donors (Lipinski definition) is 1. The summed E-state index contributed by atoms with van der Waals surface area (Å²) in [5, 5.41) is 0.547. The SMILES string of the molecule is Nc1cc(Cl)ccc1C(=O)N1CC2CCC(C1)O2. The van der Waals surface area contributed by atoms with Gasteiger partial charge < -0.3 is 15.4 Å². The fourth-order valence-corrected chi connectivity index (χ4v) is 2.86. The molecular formula is C13H15ClN2O2. The van der Waals surface area contributed by atoms with Crippen LogP contribution in [0.25, 0.3) is 0 Å². The summed E-state index contributed by atoms with van der Waals surface area (Å²) in [6, 6.07) is 5.00. The van der Waals surface area contributed by atoms with E-state index in [4.69, 9.17) is 22.1 Å². The summed E-state index contributed by atoms with van der Waals surface area (Å²) in [6.45, 7) is 1.33. The maximum Gasteiger partial charge on any atom is 0.256 e. The number of morpholine rings is 1. The number of halogens is 1. The molecule has 2 fully saturated rings. The van der Waals surface area contributed by atoms with Crippen LogP contribution in [0.4, 0.5) is 5.69 Å². The van der Waals surface area contributed by atoms with Gasteiger partial charge in [-0.1, -0.05) is 11.6 Å². The van der Waals surface area contributed by atoms with Gasteiger partial charge in [0, 0.05) is 23.8 Å². The molecule has 2 unspecified atom stereocenters. The number of rotatable bonds is 1. The van der Waals surface area contributed by atoms with Crippen molar-refractivity contribution >= 4 is 23.2 Å². The van der Waals surface area contributed by atoms with Crippen molar-refractivity contribution in [2.45, 2.75) is 25.0 Å². The van der Waals surface area contributed by atoms with Gasteiger partial charge in [0.25, 0.3) is 5.91 Å². The van der Waals surface area contributed by atoms with Gasteiger partial charge in [0.15, 0.2) is 0 Å². The van der Waals surface area contributed by atoms with Crippen LogP contribution in [0.5, 0.6) is 0 Å². The molecule has 2 aliphatic heterocycles. The van der Waals surface area contributed by atoms with Gasteiger partial charge in [0.2, 0.25) is 0 Å². The molecule has 18 heavy (non-hydrogen) atoms. The number of carbonyl (C=O) groups is 1. The minimum Gasteiger partial charge on any atom is -0.398 e. The number of amides is 1. The number of fused-ring (bicyclic) bond motifs is 2. The van der Waals surface area contributed by atoms with Crippen molar-refractivity contribution in [2.24, 2.45) is 0 Å². The number of carbonyl (C=O) groups excluding carboxylic acids is 1. The van der Waals surface area contributed by atoms with Crippen LogP contribution < -0.4 is 5.73 Å².